The minimum atomic E-state index is -3.05. The van der Waals surface area contributed by atoms with Gasteiger partial charge in [-0.1, -0.05) is 42.5 Å². The van der Waals surface area contributed by atoms with Crippen LogP contribution in [0.2, 0.25) is 0 Å². The molecule has 0 aliphatic heterocycles. The van der Waals surface area contributed by atoms with E-state index >= 15 is 0 Å². The molecule has 4 aromatic rings. The highest BCUT2D eigenvalue weighted by Crippen LogP contribution is 2.37. The van der Waals surface area contributed by atoms with Crippen LogP contribution in [-0.2, 0) is 11.3 Å². The molecule has 0 unspecified atom stereocenters. The molecule has 31 heavy (non-hydrogen) atoms. The molecule has 1 amide bonds. The maximum absolute atomic E-state index is 12.8. The summed E-state index contributed by atoms with van der Waals surface area (Å²) in [6.45, 7) is -2.98. The summed E-state index contributed by atoms with van der Waals surface area (Å²) >= 11 is 3.30. The Hall–Kier alpha value is -3.46. The molecule has 0 aliphatic carbocycles. The Balaban J connectivity index is 1.70. The monoisotopic (exact) mass is 489 g/mol. The summed E-state index contributed by atoms with van der Waals surface area (Å²) < 4.78 is 40.9. The Morgan fingerprint density at radius 3 is 2.55 bits per heavy atom. The zero-order valence-corrected chi connectivity index (χ0v) is 17.3. The molecule has 1 N–H and O–H groups in total. The second-order valence-corrected chi connectivity index (χ2v) is 7.23. The molecule has 4 rings (SSSR count). The number of amides is 1. The lowest BCUT2D eigenvalue weighted by Crippen LogP contribution is -2.14. The summed E-state index contributed by atoms with van der Waals surface area (Å²) in [5.41, 5.74) is 0.466. The van der Waals surface area contributed by atoms with E-state index in [-0.39, 0.29) is 38.9 Å². The van der Waals surface area contributed by atoms with Crippen molar-refractivity contribution in [2.45, 2.75) is 13.2 Å². The largest absolute Gasteiger partial charge is 0.444 e. The van der Waals surface area contributed by atoms with Gasteiger partial charge >= 0.3 is 18.3 Å². The van der Waals surface area contributed by atoms with Crippen LogP contribution in [0.15, 0.2) is 74.3 Å². The van der Waals surface area contributed by atoms with E-state index in [1.807, 2.05) is 30.3 Å². The molecule has 0 bridgehead atoms. The summed E-state index contributed by atoms with van der Waals surface area (Å²) in [7, 11) is 0. The first-order valence-electron chi connectivity index (χ1n) is 9.04. The highest BCUT2D eigenvalue weighted by Gasteiger charge is 2.19. The van der Waals surface area contributed by atoms with E-state index < -0.39 is 18.3 Å². The Labute approximate surface area is 182 Å². The second-order valence-electron chi connectivity index (χ2n) is 6.43. The van der Waals surface area contributed by atoms with Gasteiger partial charge in [-0.25, -0.2) is 9.59 Å². The van der Waals surface area contributed by atoms with Crippen LogP contribution in [0.25, 0.3) is 21.7 Å². The lowest BCUT2D eigenvalue weighted by molar-refractivity contribution is -0.0487. The smallest absolute Gasteiger partial charge is 0.411 e. The second kappa shape index (κ2) is 8.73. The third-order valence-electron chi connectivity index (χ3n) is 4.47. The summed E-state index contributed by atoms with van der Waals surface area (Å²) in [4.78, 5) is 24.8. The average Bonchev–Trinajstić information content (AvgIpc) is 2.74. The van der Waals surface area contributed by atoms with E-state index in [0.717, 1.165) is 5.56 Å². The predicted molar refractivity (Wildman–Crippen MR) is 115 cm³/mol. The van der Waals surface area contributed by atoms with Gasteiger partial charge in [-0.15, -0.1) is 0 Å². The fraction of sp³-hybridized carbons (Fsp3) is 0.0909. The lowest BCUT2D eigenvalue weighted by atomic mass is 10.1. The van der Waals surface area contributed by atoms with Gasteiger partial charge in [-0.3, -0.25) is 5.32 Å². The van der Waals surface area contributed by atoms with Crippen LogP contribution in [0.1, 0.15) is 5.56 Å². The number of carbonyl (C=O) groups excluding carboxylic acids is 1. The van der Waals surface area contributed by atoms with E-state index in [2.05, 4.69) is 26.0 Å². The number of hydrogen-bond acceptors (Lipinski definition) is 5. The van der Waals surface area contributed by atoms with Gasteiger partial charge in [0.1, 0.15) is 17.9 Å². The van der Waals surface area contributed by atoms with Crippen LogP contribution in [0.4, 0.5) is 19.3 Å². The van der Waals surface area contributed by atoms with Crippen LogP contribution in [0.5, 0.6) is 5.75 Å². The zero-order valence-electron chi connectivity index (χ0n) is 15.7. The molecular weight excluding hydrogens is 476 g/mol. The van der Waals surface area contributed by atoms with Gasteiger partial charge in [0.15, 0.2) is 0 Å². The van der Waals surface area contributed by atoms with Crippen molar-refractivity contribution in [2.24, 2.45) is 0 Å². The number of rotatable bonds is 5. The number of ether oxygens (including phenoxy) is 2. The maximum atomic E-state index is 12.8. The SMILES string of the molecule is O=C(Nc1ccc2c(c1Br)c(=O)oc1cccc(OC(F)F)c12)OCc1ccccc1. The van der Waals surface area contributed by atoms with Gasteiger partial charge in [0, 0.05) is 5.39 Å². The Kier molecular flexibility index (Phi) is 5.85. The zero-order chi connectivity index (χ0) is 22.0. The number of fused-ring (bicyclic) bond motifs is 3. The molecule has 0 aliphatic rings. The van der Waals surface area contributed by atoms with Gasteiger partial charge in [0.25, 0.3) is 0 Å². The number of hydrogen-bond donors (Lipinski definition) is 1. The Bertz CT molecular complexity index is 1320. The van der Waals surface area contributed by atoms with E-state index in [4.69, 9.17) is 9.15 Å². The highest BCUT2D eigenvalue weighted by atomic mass is 79.9. The number of halogens is 3. The van der Waals surface area contributed by atoms with Crippen LogP contribution >= 0.6 is 15.9 Å². The summed E-state index contributed by atoms with van der Waals surface area (Å²) in [6, 6.07) is 16.5. The lowest BCUT2D eigenvalue weighted by Gasteiger charge is -2.13. The standard InChI is InChI=1S/C22H14BrF2NO5/c23-19-14(26-22(28)29-11-12-5-2-1-3-6-12)10-9-13-17-15(30-20(27)18(13)19)7-4-8-16(17)31-21(24)25/h1-10,21H,11H2,(H,26,28). The number of nitrogens with one attached hydrogen (secondary N) is 1. The Morgan fingerprint density at radius 2 is 1.81 bits per heavy atom. The number of carbonyl (C=O) groups is 1. The number of alkyl halides is 2. The van der Waals surface area contributed by atoms with Gasteiger partial charge in [-0.05, 0) is 39.7 Å². The van der Waals surface area contributed by atoms with Crippen molar-refractivity contribution in [3.8, 4) is 5.75 Å². The van der Waals surface area contributed by atoms with Gasteiger partial charge in [-0.2, -0.15) is 8.78 Å². The number of anilines is 1. The molecule has 6 nitrogen and oxygen atoms in total. The molecular formula is C22H14BrF2NO5. The van der Waals surface area contributed by atoms with E-state index in [1.165, 1.54) is 30.3 Å². The van der Waals surface area contributed by atoms with Crippen molar-refractivity contribution in [1.29, 1.82) is 0 Å². The molecule has 0 saturated heterocycles. The van der Waals surface area contributed by atoms with E-state index in [9.17, 15) is 18.4 Å². The highest BCUT2D eigenvalue weighted by molar-refractivity contribution is 9.10. The molecule has 9 heteroatoms. The molecule has 0 spiro atoms. The Morgan fingerprint density at radius 1 is 1.03 bits per heavy atom. The molecule has 158 valence electrons. The molecule has 0 atom stereocenters. The quantitative estimate of drug-likeness (QED) is 0.272. The molecule has 1 heterocycles. The first-order valence-corrected chi connectivity index (χ1v) is 9.84. The van der Waals surface area contributed by atoms with Gasteiger partial charge < -0.3 is 13.9 Å². The predicted octanol–water partition coefficient (Wildman–Crippen LogP) is 6.06. The maximum Gasteiger partial charge on any atom is 0.411 e. The topological polar surface area (TPSA) is 77.8 Å². The molecule has 0 saturated carbocycles. The van der Waals surface area contributed by atoms with Crippen molar-refractivity contribution in [1.82, 2.24) is 0 Å². The van der Waals surface area contributed by atoms with Crippen LogP contribution < -0.4 is 15.7 Å². The molecule has 0 fully saturated rings. The minimum Gasteiger partial charge on any atom is -0.444 e. The summed E-state index contributed by atoms with van der Waals surface area (Å²) in [5, 5.41) is 3.17. The van der Waals surface area contributed by atoms with Crippen molar-refractivity contribution < 1.29 is 27.5 Å². The fourth-order valence-corrected chi connectivity index (χ4v) is 3.76. The van der Waals surface area contributed by atoms with Crippen LogP contribution in [-0.4, -0.2) is 12.7 Å². The first kappa shape index (κ1) is 20.8. The molecule has 3 aromatic carbocycles. The van der Waals surface area contributed by atoms with Gasteiger partial charge in [0.2, 0.25) is 0 Å². The minimum absolute atomic E-state index is 0.0682. The molecule has 1 aromatic heterocycles. The number of benzene rings is 3. The first-order chi connectivity index (χ1) is 14.9. The van der Waals surface area contributed by atoms with Crippen molar-refractivity contribution in [2.75, 3.05) is 5.32 Å². The fourth-order valence-electron chi connectivity index (χ4n) is 3.16. The van der Waals surface area contributed by atoms with Gasteiger partial charge in [0.05, 0.1) is 20.9 Å². The third-order valence-corrected chi connectivity index (χ3v) is 5.30. The molecule has 0 radical (unpaired) electrons. The summed E-state index contributed by atoms with van der Waals surface area (Å²) in [6.07, 6.45) is -0.726. The third kappa shape index (κ3) is 4.36. The average molecular weight is 490 g/mol. The van der Waals surface area contributed by atoms with E-state index in [0.29, 0.717) is 5.39 Å². The van der Waals surface area contributed by atoms with Crippen LogP contribution in [0.3, 0.4) is 0 Å². The summed E-state index contributed by atoms with van der Waals surface area (Å²) in [5.74, 6) is -0.129. The van der Waals surface area contributed by atoms with Crippen molar-refractivity contribution in [3.05, 3.63) is 81.1 Å². The van der Waals surface area contributed by atoms with E-state index in [1.54, 1.807) is 0 Å². The van der Waals surface area contributed by atoms with Crippen molar-refractivity contribution >= 4 is 49.5 Å². The van der Waals surface area contributed by atoms with Crippen LogP contribution in [0, 0.1) is 0 Å². The normalized spacial score (nSPS) is 11.1. The van der Waals surface area contributed by atoms with Crippen molar-refractivity contribution in [3.63, 3.8) is 0 Å².